The first-order chi connectivity index (χ1) is 9.74. The summed E-state index contributed by atoms with van der Waals surface area (Å²) in [7, 11) is 0. The van der Waals surface area contributed by atoms with Crippen molar-refractivity contribution in [1.82, 2.24) is 9.55 Å². The minimum atomic E-state index is -4.36. The fraction of sp³-hybridized carbons (Fsp3) is 0.533. The third kappa shape index (κ3) is 3.34. The van der Waals surface area contributed by atoms with E-state index in [1.807, 2.05) is 4.57 Å². The third-order valence-electron chi connectivity index (χ3n) is 3.65. The van der Waals surface area contributed by atoms with Crippen LogP contribution >= 0.6 is 11.6 Å². The molecule has 2 nitrogen and oxygen atoms in total. The topological polar surface area (TPSA) is 17.8 Å². The summed E-state index contributed by atoms with van der Waals surface area (Å²) in [5.41, 5.74) is 0.360. The van der Waals surface area contributed by atoms with Gasteiger partial charge in [0.05, 0.1) is 22.0 Å². The van der Waals surface area contributed by atoms with E-state index in [1.165, 1.54) is 6.07 Å². The molecule has 0 spiro atoms. The van der Waals surface area contributed by atoms with Gasteiger partial charge in [-0.2, -0.15) is 13.2 Å². The number of benzene rings is 1. The lowest BCUT2D eigenvalue weighted by Crippen LogP contribution is -2.10. The molecule has 6 heteroatoms. The van der Waals surface area contributed by atoms with E-state index in [9.17, 15) is 13.2 Å². The molecule has 0 saturated carbocycles. The predicted molar refractivity (Wildman–Crippen MR) is 78.5 cm³/mol. The average molecular weight is 319 g/mol. The lowest BCUT2D eigenvalue weighted by Gasteiger charge is -2.15. The van der Waals surface area contributed by atoms with Gasteiger partial charge in [0.15, 0.2) is 0 Å². The molecule has 1 aromatic heterocycles. The molecule has 2 unspecified atom stereocenters. The summed E-state index contributed by atoms with van der Waals surface area (Å²) in [6.45, 7) is 6.65. The number of hydrogen-bond donors (Lipinski definition) is 0. The van der Waals surface area contributed by atoms with Gasteiger partial charge in [0.1, 0.15) is 5.82 Å². The maximum Gasteiger partial charge on any atom is 0.416 e. The highest BCUT2D eigenvalue weighted by molar-refractivity contribution is 6.20. The molecule has 0 N–H and O–H groups in total. The third-order valence-corrected chi connectivity index (χ3v) is 3.85. The highest BCUT2D eigenvalue weighted by atomic mass is 35.5. The van der Waals surface area contributed by atoms with Crippen LogP contribution in [0.15, 0.2) is 18.2 Å². The van der Waals surface area contributed by atoms with Gasteiger partial charge in [0.2, 0.25) is 0 Å². The molecule has 2 atom stereocenters. The van der Waals surface area contributed by atoms with E-state index < -0.39 is 11.7 Å². The Kier molecular flexibility index (Phi) is 4.51. The van der Waals surface area contributed by atoms with Gasteiger partial charge in [0.25, 0.3) is 0 Å². The largest absolute Gasteiger partial charge is 0.416 e. The standard InChI is InChI=1S/C15H18ClF3N2/c1-4-9(2)8-21-13-6-5-11(15(17,18)19)7-12(13)20-14(21)10(3)16/h5-7,9-10H,4,8H2,1-3H3. The summed E-state index contributed by atoms with van der Waals surface area (Å²) in [6.07, 6.45) is -3.38. The lowest BCUT2D eigenvalue weighted by atomic mass is 10.1. The Morgan fingerprint density at radius 2 is 1.95 bits per heavy atom. The summed E-state index contributed by atoms with van der Waals surface area (Å²) < 4.78 is 40.3. The van der Waals surface area contributed by atoms with E-state index in [-0.39, 0.29) is 5.38 Å². The van der Waals surface area contributed by atoms with Gasteiger partial charge >= 0.3 is 6.18 Å². The van der Waals surface area contributed by atoms with Gasteiger partial charge in [-0.1, -0.05) is 20.3 Å². The summed E-state index contributed by atoms with van der Waals surface area (Å²) in [5.74, 6) is 1.02. The summed E-state index contributed by atoms with van der Waals surface area (Å²) in [5, 5.41) is -0.351. The molecule has 116 valence electrons. The number of fused-ring (bicyclic) bond motifs is 1. The maximum absolute atomic E-state index is 12.8. The predicted octanol–water partition coefficient (Wildman–Crippen LogP) is 5.40. The van der Waals surface area contributed by atoms with Crippen LogP contribution in [0.25, 0.3) is 11.0 Å². The van der Waals surface area contributed by atoms with Crippen LogP contribution in [-0.4, -0.2) is 9.55 Å². The molecule has 0 aliphatic heterocycles. The van der Waals surface area contributed by atoms with Crippen LogP contribution in [0.4, 0.5) is 13.2 Å². The molecule has 0 amide bonds. The van der Waals surface area contributed by atoms with E-state index in [0.717, 1.165) is 18.6 Å². The molecule has 1 heterocycles. The van der Waals surface area contributed by atoms with E-state index in [1.54, 1.807) is 6.92 Å². The van der Waals surface area contributed by atoms with E-state index >= 15 is 0 Å². The minimum absolute atomic E-state index is 0.343. The van der Waals surface area contributed by atoms with Crippen molar-refractivity contribution >= 4 is 22.6 Å². The van der Waals surface area contributed by atoms with Crippen molar-refractivity contribution < 1.29 is 13.2 Å². The molecule has 0 bridgehead atoms. The highest BCUT2D eigenvalue weighted by Crippen LogP contribution is 2.33. The fourth-order valence-electron chi connectivity index (χ4n) is 2.26. The van der Waals surface area contributed by atoms with Crippen LogP contribution in [0, 0.1) is 5.92 Å². The van der Waals surface area contributed by atoms with Crippen LogP contribution in [0.1, 0.15) is 44.0 Å². The molecule has 0 fully saturated rings. The van der Waals surface area contributed by atoms with Gasteiger partial charge in [-0.3, -0.25) is 0 Å². The van der Waals surface area contributed by atoms with Crippen LogP contribution in [0.3, 0.4) is 0 Å². The Labute approximate surface area is 126 Å². The zero-order valence-corrected chi connectivity index (χ0v) is 13.0. The van der Waals surface area contributed by atoms with Crippen molar-refractivity contribution in [2.24, 2.45) is 5.92 Å². The van der Waals surface area contributed by atoms with Crippen molar-refractivity contribution in [2.45, 2.75) is 45.3 Å². The second-order valence-corrected chi connectivity index (χ2v) is 6.07. The number of imidazole rings is 1. The van der Waals surface area contributed by atoms with Crippen LogP contribution in [0.2, 0.25) is 0 Å². The highest BCUT2D eigenvalue weighted by Gasteiger charge is 2.31. The minimum Gasteiger partial charge on any atom is -0.326 e. The van der Waals surface area contributed by atoms with Crippen molar-refractivity contribution in [1.29, 1.82) is 0 Å². The van der Waals surface area contributed by atoms with Crippen LogP contribution < -0.4 is 0 Å². The van der Waals surface area contributed by atoms with Crippen molar-refractivity contribution in [3.63, 3.8) is 0 Å². The second kappa shape index (κ2) is 5.87. The number of rotatable bonds is 4. The molecule has 2 rings (SSSR count). The molecule has 21 heavy (non-hydrogen) atoms. The maximum atomic E-state index is 12.8. The Hall–Kier alpha value is -1.23. The molecular weight excluding hydrogens is 301 g/mol. The monoisotopic (exact) mass is 318 g/mol. The van der Waals surface area contributed by atoms with Gasteiger partial charge in [-0.25, -0.2) is 4.98 Å². The van der Waals surface area contributed by atoms with E-state index in [4.69, 9.17) is 11.6 Å². The van der Waals surface area contributed by atoms with Crippen LogP contribution in [0.5, 0.6) is 0 Å². The van der Waals surface area contributed by atoms with Gasteiger partial charge in [0, 0.05) is 6.54 Å². The molecule has 0 saturated heterocycles. The average Bonchev–Trinajstić information content (AvgIpc) is 2.76. The molecule has 1 aromatic carbocycles. The first-order valence-electron chi connectivity index (χ1n) is 6.95. The van der Waals surface area contributed by atoms with Gasteiger partial charge in [-0.05, 0) is 31.0 Å². The Morgan fingerprint density at radius 1 is 1.29 bits per heavy atom. The van der Waals surface area contributed by atoms with Crippen molar-refractivity contribution in [2.75, 3.05) is 0 Å². The second-order valence-electron chi connectivity index (χ2n) is 5.41. The first kappa shape index (κ1) is 16.1. The Bertz CT molecular complexity index is 632. The molecule has 0 radical (unpaired) electrons. The number of hydrogen-bond acceptors (Lipinski definition) is 1. The molecular formula is C15H18ClF3N2. The van der Waals surface area contributed by atoms with E-state index in [0.29, 0.717) is 29.3 Å². The first-order valence-corrected chi connectivity index (χ1v) is 7.39. The lowest BCUT2D eigenvalue weighted by molar-refractivity contribution is -0.137. The SMILES string of the molecule is CCC(C)Cn1c(C(C)Cl)nc2cc(C(F)(F)F)ccc21. The van der Waals surface area contributed by atoms with Crippen LogP contribution in [-0.2, 0) is 12.7 Å². The number of aromatic nitrogens is 2. The summed E-state index contributed by atoms with van der Waals surface area (Å²) >= 11 is 6.13. The number of alkyl halides is 4. The zero-order chi connectivity index (χ0) is 15.8. The number of nitrogens with zero attached hydrogens (tertiary/aromatic N) is 2. The quantitative estimate of drug-likeness (QED) is 0.690. The molecule has 0 aliphatic rings. The normalized spacial score (nSPS) is 15.4. The summed E-state index contributed by atoms with van der Waals surface area (Å²) in [4.78, 5) is 4.30. The smallest absolute Gasteiger partial charge is 0.326 e. The summed E-state index contributed by atoms with van der Waals surface area (Å²) in [6, 6.07) is 3.67. The Balaban J connectivity index is 2.57. The van der Waals surface area contributed by atoms with Crippen molar-refractivity contribution in [3.05, 3.63) is 29.6 Å². The molecule has 2 aromatic rings. The Morgan fingerprint density at radius 3 is 2.48 bits per heavy atom. The number of halogens is 4. The zero-order valence-electron chi connectivity index (χ0n) is 12.2. The molecule has 0 aliphatic carbocycles. The van der Waals surface area contributed by atoms with Gasteiger partial charge in [-0.15, -0.1) is 11.6 Å². The fourth-order valence-corrected chi connectivity index (χ4v) is 2.43. The van der Waals surface area contributed by atoms with Gasteiger partial charge < -0.3 is 4.57 Å². The van der Waals surface area contributed by atoms with E-state index in [2.05, 4.69) is 18.8 Å². The van der Waals surface area contributed by atoms with Crippen molar-refractivity contribution in [3.8, 4) is 0 Å².